The van der Waals surface area contributed by atoms with E-state index in [1.54, 1.807) is 0 Å². The fourth-order valence-electron chi connectivity index (χ4n) is 4.56. The molecule has 0 radical (unpaired) electrons. The minimum Gasteiger partial charge on any atom is -0.490 e. The lowest BCUT2D eigenvalue weighted by Gasteiger charge is -2.33. The van der Waals surface area contributed by atoms with Crippen molar-refractivity contribution in [1.82, 2.24) is 4.98 Å². The van der Waals surface area contributed by atoms with Crippen LogP contribution in [0.3, 0.4) is 0 Å². The second kappa shape index (κ2) is 9.00. The first-order valence-corrected chi connectivity index (χ1v) is 11.7. The Balaban J connectivity index is 1.68. The number of aryl methyl sites for hydroxylation is 1. The summed E-state index contributed by atoms with van der Waals surface area (Å²) < 4.78 is 97.8. The van der Waals surface area contributed by atoms with Crippen molar-refractivity contribution in [3.8, 4) is 5.75 Å². The van der Waals surface area contributed by atoms with Gasteiger partial charge in [-0.1, -0.05) is 23.2 Å². The molecule has 2 aromatic rings. The van der Waals surface area contributed by atoms with Crippen LogP contribution in [0.15, 0.2) is 24.3 Å². The Morgan fingerprint density at radius 1 is 1.27 bits per heavy atom. The fourth-order valence-corrected chi connectivity index (χ4v) is 4.91. The van der Waals surface area contributed by atoms with E-state index in [0.29, 0.717) is 17.0 Å². The minimum absolute atomic E-state index is 0.00196. The molecule has 1 aromatic heterocycles. The van der Waals surface area contributed by atoms with Crippen LogP contribution >= 0.6 is 23.2 Å². The van der Waals surface area contributed by atoms with Crippen LogP contribution < -0.4 is 14.5 Å². The van der Waals surface area contributed by atoms with Crippen LogP contribution in [0.1, 0.15) is 38.4 Å². The number of carbonyl (C=O) groups is 2. The number of aromatic nitrogens is 1. The fraction of sp³-hybridized carbons (Fsp3) is 0.458. The molecule has 13 heteroatoms. The summed E-state index contributed by atoms with van der Waals surface area (Å²) in [7, 11) is 0. The van der Waals surface area contributed by atoms with Crippen molar-refractivity contribution in [2.75, 3.05) is 22.9 Å². The Hall–Kier alpha value is -2.60. The van der Waals surface area contributed by atoms with Gasteiger partial charge in [-0.3, -0.25) is 14.5 Å². The van der Waals surface area contributed by atoms with E-state index in [1.165, 1.54) is 26.0 Å². The van der Waals surface area contributed by atoms with E-state index in [1.807, 2.05) is 0 Å². The molecule has 0 spiro atoms. The average Bonchev–Trinajstić information content (AvgIpc) is 3.25. The lowest BCUT2D eigenvalue weighted by Crippen LogP contribution is -2.52. The summed E-state index contributed by atoms with van der Waals surface area (Å²) in [6.07, 6.45) is -8.21. The number of alkyl halides is 3. The third kappa shape index (κ3) is 4.52. The molecule has 0 bridgehead atoms. The number of pyridine rings is 1. The molecule has 3 aliphatic heterocycles. The van der Waals surface area contributed by atoms with E-state index < -0.39 is 72.5 Å². The van der Waals surface area contributed by atoms with Crippen LogP contribution in [0.25, 0.3) is 0 Å². The van der Waals surface area contributed by atoms with Crippen LogP contribution in [0, 0.1) is 6.85 Å². The monoisotopic (exact) mass is 564 g/mol. The van der Waals surface area contributed by atoms with Gasteiger partial charge in [-0.2, -0.15) is 13.2 Å². The molecular formula is C24H22Cl2F3N3O5. The van der Waals surface area contributed by atoms with Crippen molar-refractivity contribution < 1.29 is 43.8 Å². The Labute approximate surface area is 227 Å². The number of hydrogen-bond acceptors (Lipinski definition) is 6. The predicted molar refractivity (Wildman–Crippen MR) is 128 cm³/mol. The van der Waals surface area contributed by atoms with Crippen molar-refractivity contribution in [2.45, 2.75) is 57.3 Å². The summed E-state index contributed by atoms with van der Waals surface area (Å²) in [4.78, 5) is 33.6. The SMILES string of the molecule is [2H]C1([2H])CCN(C(=O)[C@@H]2[C@@H]3OC(C)(C)O[C@@H]3C(=O)N2c2cc(C(F)(F)F)cc(C([2H])([2H])[2H])n2)c2ccc(Cl)c(Cl)c2O1. The number of carbonyl (C=O) groups excluding carboxylic acids is 2. The zero-order chi connectivity index (χ0) is 31.2. The molecule has 0 N–H and O–H groups in total. The highest BCUT2D eigenvalue weighted by Gasteiger charge is 2.61. The highest BCUT2D eigenvalue weighted by Crippen LogP contribution is 2.45. The first kappa shape index (κ1) is 20.4. The summed E-state index contributed by atoms with van der Waals surface area (Å²) in [5, 5.41) is -0.198. The number of rotatable bonds is 2. The Kier molecular flexibility index (Phi) is 4.96. The zero-order valence-corrected chi connectivity index (χ0v) is 20.7. The molecule has 2 amide bonds. The normalized spacial score (nSPS) is 28.7. The topological polar surface area (TPSA) is 81.2 Å². The molecule has 0 unspecified atom stereocenters. The molecule has 4 heterocycles. The van der Waals surface area contributed by atoms with E-state index in [2.05, 4.69) is 4.98 Å². The lowest BCUT2D eigenvalue weighted by molar-refractivity contribution is -0.161. The van der Waals surface area contributed by atoms with Gasteiger partial charge in [0.15, 0.2) is 17.6 Å². The molecule has 1 aromatic carbocycles. The first-order chi connectivity index (χ1) is 19.2. The molecule has 5 rings (SSSR count). The maximum atomic E-state index is 14.4. The van der Waals surface area contributed by atoms with Gasteiger partial charge in [-0.05, 0) is 51.4 Å². The van der Waals surface area contributed by atoms with Crippen molar-refractivity contribution in [3.05, 3.63) is 45.6 Å². The van der Waals surface area contributed by atoms with Gasteiger partial charge in [0, 0.05) is 16.4 Å². The van der Waals surface area contributed by atoms with Crippen LogP contribution in [0.4, 0.5) is 24.7 Å². The summed E-state index contributed by atoms with van der Waals surface area (Å²) >= 11 is 12.4. The van der Waals surface area contributed by atoms with Gasteiger partial charge < -0.3 is 19.1 Å². The number of anilines is 2. The average molecular weight is 565 g/mol. The predicted octanol–water partition coefficient (Wildman–Crippen LogP) is 4.77. The molecule has 198 valence electrons. The zero-order valence-electron chi connectivity index (χ0n) is 24.2. The van der Waals surface area contributed by atoms with E-state index in [9.17, 15) is 22.8 Å². The summed E-state index contributed by atoms with van der Waals surface area (Å²) in [5.41, 5.74) is -2.38. The first-order valence-electron chi connectivity index (χ1n) is 13.5. The van der Waals surface area contributed by atoms with E-state index >= 15 is 0 Å². The van der Waals surface area contributed by atoms with Crippen molar-refractivity contribution in [1.29, 1.82) is 0 Å². The molecule has 2 saturated heterocycles. The molecule has 37 heavy (non-hydrogen) atoms. The smallest absolute Gasteiger partial charge is 0.416 e. The number of hydrogen-bond donors (Lipinski definition) is 0. The Bertz CT molecular complexity index is 1440. The van der Waals surface area contributed by atoms with Gasteiger partial charge in [0.1, 0.15) is 23.0 Å². The highest BCUT2D eigenvalue weighted by molar-refractivity contribution is 6.43. The quantitative estimate of drug-likeness (QED) is 0.522. The molecule has 3 aliphatic rings. The van der Waals surface area contributed by atoms with Crippen LogP contribution in [-0.2, 0) is 25.2 Å². The van der Waals surface area contributed by atoms with E-state index in [-0.39, 0.29) is 34.4 Å². The summed E-state index contributed by atoms with van der Waals surface area (Å²) in [6, 6.07) is 1.78. The maximum absolute atomic E-state index is 14.4. The van der Waals surface area contributed by atoms with Crippen molar-refractivity contribution in [3.63, 3.8) is 0 Å². The molecule has 0 aliphatic carbocycles. The Morgan fingerprint density at radius 2 is 2.03 bits per heavy atom. The van der Waals surface area contributed by atoms with Crippen LogP contribution in [-0.4, -0.2) is 53.9 Å². The highest BCUT2D eigenvalue weighted by atomic mass is 35.5. The molecule has 8 nitrogen and oxygen atoms in total. The van der Waals surface area contributed by atoms with Gasteiger partial charge in [0.2, 0.25) is 0 Å². The molecule has 2 fully saturated rings. The van der Waals surface area contributed by atoms with Gasteiger partial charge in [0.25, 0.3) is 11.8 Å². The largest absolute Gasteiger partial charge is 0.490 e. The van der Waals surface area contributed by atoms with Crippen LogP contribution in [0.5, 0.6) is 5.75 Å². The van der Waals surface area contributed by atoms with E-state index in [0.717, 1.165) is 4.90 Å². The molecule has 3 atom stereocenters. The summed E-state index contributed by atoms with van der Waals surface area (Å²) in [6.45, 7) is -2.76. The second-order valence-corrected chi connectivity index (χ2v) is 9.75. The standard InChI is InChI=1S/C24H22Cl2F3N3O5/c1-11-9-12(24(27,28)29)10-15(30-11)32-17(19-20(22(32)34)37-23(2,3)36-19)21(33)31-7-4-8-35-18-14(31)6-5-13(25)16(18)26/h5-6,9-10,17,19-20H,4,7-8H2,1-3H3/t17-,19-,20-/m0/s1/i1D3,8D2. The van der Waals surface area contributed by atoms with Gasteiger partial charge in [-0.25, -0.2) is 4.98 Å². The maximum Gasteiger partial charge on any atom is 0.416 e. The third-order valence-electron chi connectivity index (χ3n) is 6.04. The van der Waals surface area contributed by atoms with Gasteiger partial charge in [-0.15, -0.1) is 0 Å². The summed E-state index contributed by atoms with van der Waals surface area (Å²) in [5.74, 6) is -4.29. The van der Waals surface area contributed by atoms with Gasteiger partial charge in [0.05, 0.1) is 25.6 Å². The number of ether oxygens (including phenoxy) is 3. The number of amides is 2. The van der Waals surface area contributed by atoms with Crippen LogP contribution in [0.2, 0.25) is 10.0 Å². The number of benzene rings is 1. The molecular weight excluding hydrogens is 538 g/mol. The molecule has 0 saturated carbocycles. The van der Waals surface area contributed by atoms with Gasteiger partial charge >= 0.3 is 6.18 Å². The lowest BCUT2D eigenvalue weighted by atomic mass is 10.1. The van der Waals surface area contributed by atoms with E-state index in [4.69, 9.17) is 44.3 Å². The number of fused-ring (bicyclic) bond motifs is 2. The second-order valence-electron chi connectivity index (χ2n) is 8.97. The third-order valence-corrected chi connectivity index (χ3v) is 6.82. The minimum atomic E-state index is -5.02. The Morgan fingerprint density at radius 3 is 2.73 bits per heavy atom. The number of nitrogens with zero attached hydrogens (tertiary/aromatic N) is 3. The number of halogens is 5. The van der Waals surface area contributed by atoms with Crippen molar-refractivity contribution in [2.24, 2.45) is 0 Å². The van der Waals surface area contributed by atoms with Crippen molar-refractivity contribution >= 4 is 46.5 Å².